The molecular formula is C11H14INO4. The lowest BCUT2D eigenvalue weighted by atomic mass is 10.1. The van der Waals surface area contributed by atoms with Crippen molar-refractivity contribution in [3.63, 3.8) is 0 Å². The van der Waals surface area contributed by atoms with Gasteiger partial charge in [-0.15, -0.1) is 0 Å². The molecule has 17 heavy (non-hydrogen) atoms. The molecule has 0 amide bonds. The van der Waals surface area contributed by atoms with Crippen molar-refractivity contribution in [1.29, 1.82) is 0 Å². The molecule has 0 spiro atoms. The summed E-state index contributed by atoms with van der Waals surface area (Å²) in [5, 5.41) is 9.88. The molecule has 94 valence electrons. The zero-order valence-electron chi connectivity index (χ0n) is 9.57. The molecule has 0 bridgehead atoms. The number of hydrogen-bond donors (Lipinski definition) is 2. The molecule has 1 atom stereocenters. The first-order chi connectivity index (χ1) is 7.99. The maximum atomic E-state index is 11.2. The highest BCUT2D eigenvalue weighted by Crippen LogP contribution is 2.32. The number of rotatable bonds is 4. The van der Waals surface area contributed by atoms with E-state index in [2.05, 4.69) is 27.3 Å². The lowest BCUT2D eigenvalue weighted by Crippen LogP contribution is -2.33. The number of aromatic hydroxyl groups is 1. The molecule has 0 aliphatic carbocycles. The van der Waals surface area contributed by atoms with Crippen LogP contribution in [0, 0.1) is 3.57 Å². The first-order valence-corrected chi connectivity index (χ1v) is 5.96. The van der Waals surface area contributed by atoms with E-state index in [-0.39, 0.29) is 12.2 Å². The highest BCUT2D eigenvalue weighted by molar-refractivity contribution is 14.1. The van der Waals surface area contributed by atoms with Crippen molar-refractivity contribution in [2.45, 2.75) is 12.5 Å². The quantitative estimate of drug-likeness (QED) is 0.626. The monoisotopic (exact) mass is 351 g/mol. The van der Waals surface area contributed by atoms with E-state index in [0.29, 0.717) is 11.3 Å². The van der Waals surface area contributed by atoms with Gasteiger partial charge in [-0.3, -0.25) is 4.79 Å². The lowest BCUT2D eigenvalue weighted by Gasteiger charge is -2.13. The fourth-order valence-corrected chi connectivity index (χ4v) is 2.07. The number of nitrogens with two attached hydrogens (primary N) is 1. The van der Waals surface area contributed by atoms with E-state index >= 15 is 0 Å². The smallest absolute Gasteiger partial charge is 0.322 e. The van der Waals surface area contributed by atoms with Gasteiger partial charge in [-0.2, -0.15) is 0 Å². The number of carbonyl (C=O) groups excluding carboxylic acids is 1. The number of phenolic OH excluding ortho intramolecular Hbond substituents is 1. The average Bonchev–Trinajstić information content (AvgIpc) is 2.31. The molecule has 0 aliphatic rings. The van der Waals surface area contributed by atoms with Crippen molar-refractivity contribution in [3.8, 4) is 11.5 Å². The first-order valence-electron chi connectivity index (χ1n) is 4.88. The minimum Gasteiger partial charge on any atom is -0.504 e. The summed E-state index contributed by atoms with van der Waals surface area (Å²) in [7, 11) is 2.74. The van der Waals surface area contributed by atoms with Gasteiger partial charge in [0.25, 0.3) is 0 Å². The Hall–Kier alpha value is -1.02. The van der Waals surface area contributed by atoms with Gasteiger partial charge in [0.15, 0.2) is 11.5 Å². The predicted octanol–water partition coefficient (Wildman–Crippen LogP) is 1.05. The summed E-state index contributed by atoms with van der Waals surface area (Å²) in [6.45, 7) is 0. The third-order valence-corrected chi connectivity index (χ3v) is 2.91. The average molecular weight is 351 g/mol. The Balaban J connectivity index is 2.98. The number of methoxy groups -OCH3 is 2. The lowest BCUT2D eigenvalue weighted by molar-refractivity contribution is -0.142. The van der Waals surface area contributed by atoms with Crippen LogP contribution in [-0.4, -0.2) is 31.3 Å². The minimum atomic E-state index is -0.797. The third kappa shape index (κ3) is 3.47. The summed E-state index contributed by atoms with van der Waals surface area (Å²) in [5.41, 5.74) is 6.20. The van der Waals surface area contributed by atoms with Crippen molar-refractivity contribution < 1.29 is 19.4 Å². The molecule has 0 aliphatic heterocycles. The summed E-state index contributed by atoms with van der Waals surface area (Å²) >= 11 is 2.10. The maximum Gasteiger partial charge on any atom is 0.322 e. The van der Waals surface area contributed by atoms with Crippen molar-refractivity contribution >= 4 is 28.6 Å². The zero-order chi connectivity index (χ0) is 13.0. The van der Waals surface area contributed by atoms with Crippen LogP contribution in [0.4, 0.5) is 0 Å². The second-order valence-corrected chi connectivity index (χ2v) is 4.70. The normalized spacial score (nSPS) is 12.0. The molecule has 6 heteroatoms. The van der Waals surface area contributed by atoms with Crippen LogP contribution in [0.25, 0.3) is 0 Å². The van der Waals surface area contributed by atoms with E-state index in [1.54, 1.807) is 12.1 Å². The fraction of sp³-hybridized carbons (Fsp3) is 0.364. The van der Waals surface area contributed by atoms with E-state index in [1.165, 1.54) is 14.2 Å². The van der Waals surface area contributed by atoms with Crippen LogP contribution in [-0.2, 0) is 16.0 Å². The van der Waals surface area contributed by atoms with Gasteiger partial charge in [0.1, 0.15) is 6.04 Å². The van der Waals surface area contributed by atoms with Gasteiger partial charge in [0.05, 0.1) is 14.2 Å². The van der Waals surface area contributed by atoms with Crippen molar-refractivity contribution in [3.05, 3.63) is 21.3 Å². The van der Waals surface area contributed by atoms with Crippen LogP contribution in [0.1, 0.15) is 5.56 Å². The Morgan fingerprint density at radius 3 is 2.71 bits per heavy atom. The Morgan fingerprint density at radius 2 is 2.18 bits per heavy atom. The minimum absolute atomic E-state index is 0.00673. The molecule has 5 nitrogen and oxygen atoms in total. The molecule has 1 aromatic rings. The van der Waals surface area contributed by atoms with E-state index < -0.39 is 12.0 Å². The molecule has 0 fully saturated rings. The summed E-state index contributed by atoms with van der Waals surface area (Å²) in [6.07, 6.45) is 0.200. The number of phenols is 1. The fourth-order valence-electron chi connectivity index (χ4n) is 1.41. The van der Waals surface area contributed by atoms with Crippen LogP contribution >= 0.6 is 22.6 Å². The van der Waals surface area contributed by atoms with Crippen LogP contribution in [0.5, 0.6) is 11.5 Å². The maximum absolute atomic E-state index is 11.2. The standard InChI is InChI=1S/C11H14INO4/c1-16-9-5-7(12)3-6(10(9)14)4-8(13)11(15)17-2/h3,5,8,14H,4,13H2,1-2H3. The highest BCUT2D eigenvalue weighted by Gasteiger charge is 2.18. The van der Waals surface area contributed by atoms with Crippen LogP contribution in [0.15, 0.2) is 12.1 Å². The van der Waals surface area contributed by atoms with Gasteiger partial charge < -0.3 is 20.3 Å². The van der Waals surface area contributed by atoms with E-state index in [0.717, 1.165) is 3.57 Å². The molecule has 0 radical (unpaired) electrons. The van der Waals surface area contributed by atoms with Crippen molar-refractivity contribution in [2.75, 3.05) is 14.2 Å². The van der Waals surface area contributed by atoms with Crippen molar-refractivity contribution in [1.82, 2.24) is 0 Å². The molecule has 3 N–H and O–H groups in total. The third-order valence-electron chi connectivity index (χ3n) is 2.28. The van der Waals surface area contributed by atoms with Crippen LogP contribution in [0.2, 0.25) is 0 Å². The molecule has 0 aromatic heterocycles. The SMILES string of the molecule is COC(=O)C(N)Cc1cc(I)cc(OC)c1O. The van der Waals surface area contributed by atoms with E-state index in [9.17, 15) is 9.90 Å². The Bertz CT molecular complexity index is 422. The van der Waals surface area contributed by atoms with Gasteiger partial charge in [0.2, 0.25) is 0 Å². The van der Waals surface area contributed by atoms with E-state index in [1.807, 2.05) is 0 Å². The number of esters is 1. The number of hydrogen-bond acceptors (Lipinski definition) is 5. The van der Waals surface area contributed by atoms with Crippen LogP contribution < -0.4 is 10.5 Å². The topological polar surface area (TPSA) is 81.8 Å². The van der Waals surface area contributed by atoms with Crippen molar-refractivity contribution in [2.24, 2.45) is 5.73 Å². The predicted molar refractivity (Wildman–Crippen MR) is 71.1 cm³/mol. The van der Waals surface area contributed by atoms with Gasteiger partial charge in [0, 0.05) is 15.6 Å². The molecule has 0 heterocycles. The Kier molecular flexibility index (Phi) is 5.01. The number of ether oxygens (including phenoxy) is 2. The molecular weight excluding hydrogens is 337 g/mol. The zero-order valence-corrected chi connectivity index (χ0v) is 11.7. The summed E-state index contributed by atoms with van der Waals surface area (Å²) in [6, 6.07) is 2.65. The number of benzene rings is 1. The molecule has 0 saturated heterocycles. The second-order valence-electron chi connectivity index (χ2n) is 3.45. The largest absolute Gasteiger partial charge is 0.504 e. The van der Waals surface area contributed by atoms with Gasteiger partial charge in [-0.25, -0.2) is 0 Å². The first kappa shape index (κ1) is 14.0. The van der Waals surface area contributed by atoms with Crippen LogP contribution in [0.3, 0.4) is 0 Å². The molecule has 1 rings (SSSR count). The number of carbonyl (C=O) groups is 1. The Morgan fingerprint density at radius 1 is 1.53 bits per heavy atom. The van der Waals surface area contributed by atoms with Gasteiger partial charge >= 0.3 is 5.97 Å². The summed E-state index contributed by atoms with van der Waals surface area (Å²) < 4.78 is 10.4. The summed E-state index contributed by atoms with van der Waals surface area (Å²) in [4.78, 5) is 11.2. The second kappa shape index (κ2) is 6.06. The number of halogens is 1. The van der Waals surface area contributed by atoms with E-state index in [4.69, 9.17) is 10.5 Å². The molecule has 1 unspecified atom stereocenters. The highest BCUT2D eigenvalue weighted by atomic mass is 127. The summed E-state index contributed by atoms with van der Waals surface area (Å²) in [5.74, 6) is -0.140. The Labute approximate surface area is 113 Å². The molecule has 1 aromatic carbocycles. The van der Waals surface area contributed by atoms with Gasteiger partial charge in [-0.1, -0.05) is 0 Å². The van der Waals surface area contributed by atoms with Gasteiger partial charge in [-0.05, 0) is 34.7 Å². The molecule has 0 saturated carbocycles.